The molecule has 0 saturated carbocycles. The van der Waals surface area contributed by atoms with Gasteiger partial charge in [0.2, 0.25) is 0 Å². The molecule has 0 amide bonds. The summed E-state index contributed by atoms with van der Waals surface area (Å²) in [6, 6.07) is 9.27. The van der Waals surface area contributed by atoms with Gasteiger partial charge in [-0.25, -0.2) is 8.42 Å². The minimum atomic E-state index is -3.58. The first-order valence-corrected chi connectivity index (χ1v) is 11.5. The molecule has 28 heavy (non-hydrogen) atoms. The number of anilines is 2. The number of sulfonamides is 1. The predicted octanol–water partition coefficient (Wildman–Crippen LogP) is 4.61. The number of furan rings is 1. The first kappa shape index (κ1) is 21.0. The van der Waals surface area contributed by atoms with Crippen molar-refractivity contribution in [2.45, 2.75) is 30.0 Å². The fraction of sp³-hybridized carbons (Fsp3) is 0.368. The molecule has 152 valence electrons. The first-order valence-electron chi connectivity index (χ1n) is 9.12. The third-order valence-electron chi connectivity index (χ3n) is 5.00. The van der Waals surface area contributed by atoms with Crippen molar-refractivity contribution in [3.63, 3.8) is 0 Å². The largest absolute Gasteiger partial charge is 0.462 e. The summed E-state index contributed by atoms with van der Waals surface area (Å²) in [6.45, 7) is 5.18. The van der Waals surface area contributed by atoms with E-state index in [1.54, 1.807) is 29.8 Å². The second-order valence-corrected chi connectivity index (χ2v) is 9.56. The van der Waals surface area contributed by atoms with Crippen LogP contribution in [0.25, 0.3) is 11.0 Å². The molecule has 2 N–H and O–H groups in total. The first-order chi connectivity index (χ1) is 13.1. The van der Waals surface area contributed by atoms with E-state index in [9.17, 15) is 8.42 Å². The predicted molar refractivity (Wildman–Crippen MR) is 117 cm³/mol. The SMILES string of the molecule is CCN1CCC[C@@H]1CNc1cc(NS(=O)(=O)c2cccs2)cc2ccoc12.Cl. The van der Waals surface area contributed by atoms with Crippen LogP contribution in [0.3, 0.4) is 0 Å². The summed E-state index contributed by atoms with van der Waals surface area (Å²) in [5, 5.41) is 6.09. The minimum absolute atomic E-state index is 0. The number of benzene rings is 1. The number of hydrogen-bond donors (Lipinski definition) is 2. The fourth-order valence-corrected chi connectivity index (χ4v) is 5.70. The molecule has 4 rings (SSSR count). The van der Waals surface area contributed by atoms with Crippen molar-refractivity contribution in [2.24, 2.45) is 0 Å². The number of hydrogen-bond acceptors (Lipinski definition) is 6. The lowest BCUT2D eigenvalue weighted by molar-refractivity contribution is 0.277. The molecule has 2 aromatic heterocycles. The van der Waals surface area contributed by atoms with E-state index in [4.69, 9.17) is 4.42 Å². The molecule has 3 heterocycles. The zero-order valence-electron chi connectivity index (χ0n) is 15.6. The lowest BCUT2D eigenvalue weighted by Gasteiger charge is -2.23. The Labute approximate surface area is 175 Å². The average Bonchev–Trinajstić information content (AvgIpc) is 3.39. The minimum Gasteiger partial charge on any atom is -0.462 e. The Morgan fingerprint density at radius 3 is 2.93 bits per heavy atom. The van der Waals surface area contributed by atoms with Gasteiger partial charge in [-0.2, -0.15) is 0 Å². The van der Waals surface area contributed by atoms with E-state index in [2.05, 4.69) is 21.9 Å². The van der Waals surface area contributed by atoms with Crippen LogP contribution < -0.4 is 10.0 Å². The zero-order valence-corrected chi connectivity index (χ0v) is 18.0. The third kappa shape index (κ3) is 4.30. The summed E-state index contributed by atoms with van der Waals surface area (Å²) in [4.78, 5) is 2.47. The van der Waals surface area contributed by atoms with Crippen molar-refractivity contribution in [1.82, 2.24) is 4.90 Å². The number of thiophene rings is 1. The van der Waals surface area contributed by atoms with Gasteiger partial charge in [0.1, 0.15) is 4.21 Å². The molecule has 1 fully saturated rings. The van der Waals surface area contributed by atoms with Gasteiger partial charge in [-0.05, 0) is 55.6 Å². The fourth-order valence-electron chi connectivity index (χ4n) is 3.66. The summed E-state index contributed by atoms with van der Waals surface area (Å²) < 4.78 is 33.7. The van der Waals surface area contributed by atoms with Gasteiger partial charge in [-0.15, -0.1) is 23.7 Å². The number of likely N-dealkylation sites (N-methyl/N-ethyl adjacent to an activating group) is 1. The molecular weight excluding hydrogens is 418 g/mol. The average molecular weight is 442 g/mol. The monoisotopic (exact) mass is 441 g/mol. The molecule has 1 aliphatic heterocycles. The van der Waals surface area contributed by atoms with Crippen LogP contribution in [0.2, 0.25) is 0 Å². The van der Waals surface area contributed by atoms with Crippen molar-refractivity contribution in [3.8, 4) is 0 Å². The molecule has 0 unspecified atom stereocenters. The van der Waals surface area contributed by atoms with E-state index in [1.807, 2.05) is 12.1 Å². The van der Waals surface area contributed by atoms with Gasteiger partial charge in [0.15, 0.2) is 5.58 Å². The van der Waals surface area contributed by atoms with Crippen molar-refractivity contribution in [3.05, 3.63) is 42.0 Å². The number of likely N-dealkylation sites (tertiary alicyclic amines) is 1. The molecule has 6 nitrogen and oxygen atoms in total. The third-order valence-corrected chi connectivity index (χ3v) is 7.78. The van der Waals surface area contributed by atoms with Gasteiger partial charge in [0, 0.05) is 18.0 Å². The Kier molecular flexibility index (Phi) is 6.54. The maximum absolute atomic E-state index is 12.5. The molecular formula is C19H24ClN3O3S2. The van der Waals surface area contributed by atoms with E-state index < -0.39 is 10.0 Å². The van der Waals surface area contributed by atoms with E-state index >= 15 is 0 Å². The molecule has 1 aliphatic rings. The number of nitrogens with zero attached hydrogens (tertiary/aromatic N) is 1. The molecule has 9 heteroatoms. The second-order valence-electron chi connectivity index (χ2n) is 6.71. The van der Waals surface area contributed by atoms with Gasteiger partial charge in [-0.3, -0.25) is 9.62 Å². The summed E-state index contributed by atoms with van der Waals surface area (Å²) in [7, 11) is -3.58. The highest BCUT2D eigenvalue weighted by Gasteiger charge is 2.23. The Bertz CT molecular complexity index is 1020. The van der Waals surface area contributed by atoms with Gasteiger partial charge >= 0.3 is 0 Å². The Morgan fingerprint density at radius 1 is 1.32 bits per heavy atom. The highest BCUT2D eigenvalue weighted by atomic mass is 35.5. The maximum Gasteiger partial charge on any atom is 0.271 e. The Morgan fingerprint density at radius 2 is 2.18 bits per heavy atom. The van der Waals surface area contributed by atoms with Crippen molar-refractivity contribution in [1.29, 1.82) is 0 Å². The van der Waals surface area contributed by atoms with Crippen LogP contribution in [-0.4, -0.2) is 39.0 Å². The van der Waals surface area contributed by atoms with Gasteiger partial charge in [0.25, 0.3) is 10.0 Å². The molecule has 1 atom stereocenters. The summed E-state index contributed by atoms with van der Waals surface area (Å²) in [5.74, 6) is 0. The van der Waals surface area contributed by atoms with E-state index in [0.29, 0.717) is 15.9 Å². The smallest absolute Gasteiger partial charge is 0.271 e. The highest BCUT2D eigenvalue weighted by Crippen LogP contribution is 2.31. The van der Waals surface area contributed by atoms with Gasteiger partial charge in [0.05, 0.1) is 17.6 Å². The number of fused-ring (bicyclic) bond motifs is 1. The van der Waals surface area contributed by atoms with E-state index in [-0.39, 0.29) is 12.4 Å². The highest BCUT2D eigenvalue weighted by molar-refractivity contribution is 7.94. The molecule has 0 aliphatic carbocycles. The summed E-state index contributed by atoms with van der Waals surface area (Å²) in [6.07, 6.45) is 4.02. The van der Waals surface area contributed by atoms with Crippen LogP contribution in [0.1, 0.15) is 19.8 Å². The number of rotatable bonds is 7. The zero-order chi connectivity index (χ0) is 18.9. The van der Waals surface area contributed by atoms with Crippen LogP contribution in [0.4, 0.5) is 11.4 Å². The lowest BCUT2D eigenvalue weighted by atomic mass is 10.2. The molecule has 0 bridgehead atoms. The normalized spacial score (nSPS) is 17.5. The van der Waals surface area contributed by atoms with Crippen molar-refractivity contribution >= 4 is 56.1 Å². The topological polar surface area (TPSA) is 74.6 Å². The molecule has 0 spiro atoms. The van der Waals surface area contributed by atoms with Crippen LogP contribution in [0.5, 0.6) is 0 Å². The van der Waals surface area contributed by atoms with Crippen LogP contribution >= 0.6 is 23.7 Å². The van der Waals surface area contributed by atoms with Crippen LogP contribution in [0, 0.1) is 0 Å². The van der Waals surface area contributed by atoms with Gasteiger partial charge in [-0.1, -0.05) is 13.0 Å². The Balaban J connectivity index is 0.00000225. The van der Waals surface area contributed by atoms with E-state index in [1.165, 1.54) is 24.2 Å². The van der Waals surface area contributed by atoms with E-state index in [0.717, 1.165) is 36.3 Å². The quantitative estimate of drug-likeness (QED) is 0.559. The number of nitrogens with one attached hydrogen (secondary N) is 2. The Hall–Kier alpha value is -1.74. The summed E-state index contributed by atoms with van der Waals surface area (Å²) in [5.41, 5.74) is 2.08. The molecule has 0 radical (unpaired) electrons. The summed E-state index contributed by atoms with van der Waals surface area (Å²) >= 11 is 1.20. The lowest BCUT2D eigenvalue weighted by Crippen LogP contribution is -2.34. The van der Waals surface area contributed by atoms with Crippen molar-refractivity contribution < 1.29 is 12.8 Å². The molecule has 3 aromatic rings. The second kappa shape index (κ2) is 8.73. The van der Waals surface area contributed by atoms with Crippen LogP contribution in [0.15, 0.2) is 50.6 Å². The van der Waals surface area contributed by atoms with Gasteiger partial charge < -0.3 is 9.73 Å². The number of halogens is 1. The maximum atomic E-state index is 12.5. The van der Waals surface area contributed by atoms with Crippen molar-refractivity contribution in [2.75, 3.05) is 29.7 Å². The molecule has 1 aromatic carbocycles. The van der Waals surface area contributed by atoms with Crippen LogP contribution in [-0.2, 0) is 10.0 Å². The molecule has 1 saturated heterocycles. The standard InChI is InChI=1S/C19H23N3O3S2.ClH/c1-2-22-8-3-5-16(22)13-20-17-12-15(11-14-7-9-25-19(14)17)21-27(23,24)18-6-4-10-26-18;/h4,6-7,9-12,16,20-21H,2-3,5,8,13H2,1H3;1H/t16-;/m1./s1.